The number of amides is 2. The van der Waals surface area contributed by atoms with Crippen LogP contribution in [0.25, 0.3) is 0 Å². The highest BCUT2D eigenvalue weighted by molar-refractivity contribution is 6.05. The summed E-state index contributed by atoms with van der Waals surface area (Å²) in [6, 6.07) is 10.5. The van der Waals surface area contributed by atoms with Crippen LogP contribution in [-0.4, -0.2) is 29.9 Å². The molecule has 0 unspecified atom stereocenters. The zero-order chi connectivity index (χ0) is 20.5. The molecule has 8 nitrogen and oxygen atoms in total. The summed E-state index contributed by atoms with van der Waals surface area (Å²) in [6.07, 6.45) is 0. The first kappa shape index (κ1) is 19.3. The van der Waals surface area contributed by atoms with Crippen molar-refractivity contribution in [2.45, 2.75) is 20.8 Å². The van der Waals surface area contributed by atoms with Gasteiger partial charge in [-0.1, -0.05) is 0 Å². The van der Waals surface area contributed by atoms with Crippen LogP contribution in [0.2, 0.25) is 0 Å². The lowest BCUT2D eigenvalue weighted by Crippen LogP contribution is -2.42. The van der Waals surface area contributed by atoms with Crippen LogP contribution in [0.5, 0.6) is 5.75 Å². The Kier molecular flexibility index (Phi) is 5.04. The predicted molar refractivity (Wildman–Crippen MR) is 105 cm³/mol. The van der Waals surface area contributed by atoms with E-state index < -0.39 is 16.2 Å². The van der Waals surface area contributed by atoms with Crippen molar-refractivity contribution in [3.05, 3.63) is 58.1 Å². The maximum Gasteiger partial charge on any atom is 0.269 e. The Morgan fingerprint density at radius 1 is 1.25 bits per heavy atom. The Balaban J connectivity index is 1.84. The van der Waals surface area contributed by atoms with Gasteiger partial charge >= 0.3 is 0 Å². The largest absolute Gasteiger partial charge is 0.490 e. The van der Waals surface area contributed by atoms with Gasteiger partial charge in [-0.25, -0.2) is 0 Å². The molecule has 2 aromatic carbocycles. The summed E-state index contributed by atoms with van der Waals surface area (Å²) in [4.78, 5) is 37.0. The summed E-state index contributed by atoms with van der Waals surface area (Å²) in [6.45, 7) is 6.30. The summed E-state index contributed by atoms with van der Waals surface area (Å²) in [5.74, 6) is 0.103. The molecular weight excluding hydrogens is 362 g/mol. The lowest BCUT2D eigenvalue weighted by atomic mass is 9.93. The van der Waals surface area contributed by atoms with Crippen LogP contribution in [0.1, 0.15) is 31.1 Å². The van der Waals surface area contributed by atoms with E-state index in [0.717, 1.165) is 0 Å². The van der Waals surface area contributed by atoms with Crippen molar-refractivity contribution < 1.29 is 19.2 Å². The van der Waals surface area contributed by atoms with Crippen LogP contribution in [0.15, 0.2) is 42.5 Å². The first-order valence-corrected chi connectivity index (χ1v) is 8.87. The molecule has 1 N–H and O–H groups in total. The summed E-state index contributed by atoms with van der Waals surface area (Å²) in [5.41, 5.74) is 0.726. The van der Waals surface area contributed by atoms with Gasteiger partial charge in [0, 0.05) is 36.0 Å². The Morgan fingerprint density at radius 3 is 2.54 bits per heavy atom. The van der Waals surface area contributed by atoms with Gasteiger partial charge in [-0.05, 0) is 45.0 Å². The number of carbonyl (C=O) groups is 2. The fourth-order valence-electron chi connectivity index (χ4n) is 2.98. The molecule has 0 saturated carbocycles. The van der Waals surface area contributed by atoms with E-state index in [4.69, 9.17) is 4.74 Å². The maximum absolute atomic E-state index is 12.7. The van der Waals surface area contributed by atoms with Gasteiger partial charge in [0.1, 0.15) is 12.4 Å². The molecular formula is C20H21N3O5. The van der Waals surface area contributed by atoms with Gasteiger partial charge in [0.15, 0.2) is 0 Å². The number of non-ortho nitro benzene ring substituents is 1. The number of hydrogen-bond acceptors (Lipinski definition) is 5. The van der Waals surface area contributed by atoms with Crippen LogP contribution in [-0.2, 0) is 4.79 Å². The molecule has 1 heterocycles. The first-order valence-electron chi connectivity index (χ1n) is 8.87. The van der Waals surface area contributed by atoms with E-state index in [2.05, 4.69) is 5.32 Å². The molecule has 0 bridgehead atoms. The molecule has 0 saturated heterocycles. The highest BCUT2D eigenvalue weighted by atomic mass is 16.6. The molecule has 8 heteroatoms. The third-order valence-electron chi connectivity index (χ3n) is 4.58. The summed E-state index contributed by atoms with van der Waals surface area (Å²) >= 11 is 0. The van der Waals surface area contributed by atoms with Crippen molar-refractivity contribution in [2.24, 2.45) is 5.41 Å². The first-order chi connectivity index (χ1) is 13.2. The standard InChI is InChI=1S/C20H21N3O5/c1-4-22-16-10-7-14(11-17(16)28-12-20(2,3)19(22)25)21-18(24)13-5-8-15(9-6-13)23(26)27/h5-11H,4,12H2,1-3H3,(H,21,24). The lowest BCUT2D eigenvalue weighted by Gasteiger charge is -2.26. The van der Waals surface area contributed by atoms with E-state index in [-0.39, 0.29) is 18.2 Å². The van der Waals surface area contributed by atoms with Crippen molar-refractivity contribution in [1.82, 2.24) is 0 Å². The number of anilines is 2. The molecule has 2 amide bonds. The maximum atomic E-state index is 12.7. The molecule has 0 fully saturated rings. The van der Waals surface area contributed by atoms with E-state index in [9.17, 15) is 19.7 Å². The van der Waals surface area contributed by atoms with Crippen molar-refractivity contribution in [1.29, 1.82) is 0 Å². The minimum atomic E-state index is -0.656. The minimum absolute atomic E-state index is 0.0172. The molecule has 0 aromatic heterocycles. The third-order valence-corrected chi connectivity index (χ3v) is 4.58. The van der Waals surface area contributed by atoms with Crippen molar-refractivity contribution in [2.75, 3.05) is 23.4 Å². The van der Waals surface area contributed by atoms with Crippen LogP contribution in [0.4, 0.5) is 17.1 Å². The quantitative estimate of drug-likeness (QED) is 0.642. The lowest BCUT2D eigenvalue weighted by molar-refractivity contribution is -0.384. The van der Waals surface area contributed by atoms with Gasteiger partial charge in [0.05, 0.1) is 16.0 Å². The second-order valence-electron chi connectivity index (χ2n) is 7.16. The minimum Gasteiger partial charge on any atom is -0.490 e. The number of rotatable bonds is 4. The van der Waals surface area contributed by atoms with Gasteiger partial charge in [0.2, 0.25) is 5.91 Å². The van der Waals surface area contributed by atoms with Crippen LogP contribution < -0.4 is 15.0 Å². The van der Waals surface area contributed by atoms with Crippen LogP contribution in [0.3, 0.4) is 0 Å². The topological polar surface area (TPSA) is 102 Å². The number of benzene rings is 2. The summed E-state index contributed by atoms with van der Waals surface area (Å²) < 4.78 is 5.85. The van der Waals surface area contributed by atoms with Gasteiger partial charge in [-0.3, -0.25) is 19.7 Å². The highest BCUT2D eigenvalue weighted by Gasteiger charge is 2.37. The normalized spacial score (nSPS) is 15.2. The number of nitrogens with one attached hydrogen (secondary N) is 1. The molecule has 0 spiro atoms. The van der Waals surface area contributed by atoms with E-state index in [0.29, 0.717) is 29.2 Å². The summed E-state index contributed by atoms with van der Waals surface area (Å²) in [7, 11) is 0. The van der Waals surface area contributed by atoms with Crippen molar-refractivity contribution in [3.8, 4) is 5.75 Å². The Labute approximate surface area is 162 Å². The smallest absolute Gasteiger partial charge is 0.269 e. The van der Waals surface area contributed by atoms with E-state index in [1.807, 2.05) is 20.8 Å². The molecule has 2 aromatic rings. The van der Waals surface area contributed by atoms with Crippen molar-refractivity contribution in [3.63, 3.8) is 0 Å². The average molecular weight is 383 g/mol. The molecule has 0 radical (unpaired) electrons. The number of nitrogens with zero attached hydrogens (tertiary/aromatic N) is 2. The molecule has 1 aliphatic rings. The number of hydrogen-bond donors (Lipinski definition) is 1. The Morgan fingerprint density at radius 2 is 1.93 bits per heavy atom. The van der Waals surface area contributed by atoms with Crippen molar-refractivity contribution >= 4 is 28.9 Å². The fourth-order valence-corrected chi connectivity index (χ4v) is 2.98. The summed E-state index contributed by atoms with van der Waals surface area (Å²) in [5, 5.41) is 13.5. The second-order valence-corrected chi connectivity index (χ2v) is 7.16. The Bertz CT molecular complexity index is 937. The number of nitro benzene ring substituents is 1. The zero-order valence-corrected chi connectivity index (χ0v) is 15.9. The van der Waals surface area contributed by atoms with E-state index in [1.165, 1.54) is 24.3 Å². The second kappa shape index (κ2) is 7.30. The molecule has 28 heavy (non-hydrogen) atoms. The highest BCUT2D eigenvalue weighted by Crippen LogP contribution is 2.38. The Hall–Kier alpha value is -3.42. The number of ether oxygens (including phenoxy) is 1. The molecule has 0 aliphatic carbocycles. The SMILES string of the molecule is CCN1C(=O)C(C)(C)COc2cc(NC(=O)c3ccc([N+](=O)[O-])cc3)ccc21. The number of nitro groups is 1. The molecule has 146 valence electrons. The van der Waals surface area contributed by atoms with Gasteiger partial charge < -0.3 is 15.0 Å². The molecule has 3 rings (SSSR count). The van der Waals surface area contributed by atoms with Gasteiger partial charge in [-0.2, -0.15) is 0 Å². The average Bonchev–Trinajstić information content (AvgIpc) is 2.76. The third kappa shape index (κ3) is 3.66. The van der Waals surface area contributed by atoms with E-state index in [1.54, 1.807) is 23.1 Å². The van der Waals surface area contributed by atoms with Crippen LogP contribution >= 0.6 is 0 Å². The van der Waals surface area contributed by atoms with Gasteiger partial charge in [0.25, 0.3) is 11.6 Å². The van der Waals surface area contributed by atoms with E-state index >= 15 is 0 Å². The number of carbonyl (C=O) groups excluding carboxylic acids is 2. The van der Waals surface area contributed by atoms with Gasteiger partial charge in [-0.15, -0.1) is 0 Å². The fraction of sp³-hybridized carbons (Fsp3) is 0.300. The monoisotopic (exact) mass is 383 g/mol. The predicted octanol–water partition coefficient (Wildman–Crippen LogP) is 3.62. The van der Waals surface area contributed by atoms with Crippen LogP contribution in [0, 0.1) is 15.5 Å². The molecule has 0 atom stereocenters. The number of fused-ring (bicyclic) bond motifs is 1. The zero-order valence-electron chi connectivity index (χ0n) is 15.9. The molecule has 1 aliphatic heterocycles.